The van der Waals surface area contributed by atoms with E-state index in [0.29, 0.717) is 17.0 Å². The van der Waals surface area contributed by atoms with Crippen LogP contribution in [0.4, 0.5) is 5.69 Å². The fraction of sp³-hybridized carbons (Fsp3) is 0.286. The average molecular weight is 245 g/mol. The molecular weight excluding hydrogens is 226 g/mol. The zero-order valence-electron chi connectivity index (χ0n) is 11.2. The van der Waals surface area contributed by atoms with Gasteiger partial charge in [-0.1, -0.05) is 12.1 Å². The average Bonchev–Trinajstić information content (AvgIpc) is 2.28. The summed E-state index contributed by atoms with van der Waals surface area (Å²) in [6.45, 7) is 5.43. The van der Waals surface area contributed by atoms with Gasteiger partial charge in [-0.25, -0.2) is 0 Å². The Balaban J connectivity index is 2.98. The molecule has 4 heteroatoms. The molecule has 1 aromatic rings. The van der Waals surface area contributed by atoms with Crippen molar-refractivity contribution < 1.29 is 4.79 Å². The third kappa shape index (κ3) is 3.45. The first-order valence-electron chi connectivity index (χ1n) is 5.73. The highest BCUT2D eigenvalue weighted by atomic mass is 16.1. The summed E-state index contributed by atoms with van der Waals surface area (Å²) >= 11 is 0. The number of nitrogens with zero attached hydrogens (tertiary/aromatic N) is 1. The lowest BCUT2D eigenvalue weighted by Crippen LogP contribution is -2.22. The number of rotatable bonds is 3. The largest absolute Gasteiger partial charge is 0.402 e. The number of anilines is 1. The standard InChI is InChI=1S/C14H19N3O/c1-9-6-5-7-12(8-9)17-14(18)13(10(2)15)11(3)16-4/h5-8H,15H2,1-4H3,(H,17,18). The third-order valence-electron chi connectivity index (χ3n) is 2.59. The smallest absolute Gasteiger partial charge is 0.259 e. The Morgan fingerprint density at radius 3 is 2.50 bits per heavy atom. The zero-order valence-corrected chi connectivity index (χ0v) is 11.2. The van der Waals surface area contributed by atoms with Crippen molar-refractivity contribution in [3.05, 3.63) is 41.1 Å². The van der Waals surface area contributed by atoms with Crippen LogP contribution in [0.3, 0.4) is 0 Å². The van der Waals surface area contributed by atoms with Gasteiger partial charge in [0.2, 0.25) is 0 Å². The second-order valence-electron chi connectivity index (χ2n) is 4.19. The van der Waals surface area contributed by atoms with Crippen LogP contribution in [-0.4, -0.2) is 18.7 Å². The van der Waals surface area contributed by atoms with E-state index in [4.69, 9.17) is 5.73 Å². The third-order valence-corrected chi connectivity index (χ3v) is 2.59. The van der Waals surface area contributed by atoms with E-state index in [0.717, 1.165) is 11.3 Å². The number of aryl methyl sites for hydroxylation is 1. The summed E-state index contributed by atoms with van der Waals surface area (Å²) in [5.41, 5.74) is 9.09. The van der Waals surface area contributed by atoms with Gasteiger partial charge in [-0.05, 0) is 38.5 Å². The first-order chi connectivity index (χ1) is 8.45. The fourth-order valence-corrected chi connectivity index (χ4v) is 1.66. The van der Waals surface area contributed by atoms with Gasteiger partial charge in [0, 0.05) is 24.1 Å². The lowest BCUT2D eigenvalue weighted by atomic mass is 10.1. The summed E-state index contributed by atoms with van der Waals surface area (Å²) in [6.07, 6.45) is 0. The number of carbonyl (C=O) groups is 1. The van der Waals surface area contributed by atoms with Gasteiger partial charge >= 0.3 is 0 Å². The molecule has 0 spiro atoms. The molecule has 0 bridgehead atoms. The molecule has 0 heterocycles. The molecule has 1 amide bonds. The van der Waals surface area contributed by atoms with Gasteiger partial charge in [-0.15, -0.1) is 0 Å². The van der Waals surface area contributed by atoms with Crippen molar-refractivity contribution in [2.75, 3.05) is 12.4 Å². The van der Waals surface area contributed by atoms with Crippen LogP contribution in [0, 0.1) is 6.92 Å². The summed E-state index contributed by atoms with van der Waals surface area (Å²) in [4.78, 5) is 16.1. The number of allylic oxidation sites excluding steroid dienone is 1. The monoisotopic (exact) mass is 245 g/mol. The molecule has 3 N–H and O–H groups in total. The van der Waals surface area contributed by atoms with Crippen LogP contribution in [0.25, 0.3) is 0 Å². The van der Waals surface area contributed by atoms with E-state index in [-0.39, 0.29) is 5.91 Å². The van der Waals surface area contributed by atoms with Crippen molar-refractivity contribution in [1.29, 1.82) is 0 Å². The van der Waals surface area contributed by atoms with Crippen molar-refractivity contribution in [3.8, 4) is 0 Å². The molecule has 0 aromatic heterocycles. The second kappa shape index (κ2) is 6.00. The molecule has 1 aromatic carbocycles. The van der Waals surface area contributed by atoms with Crippen molar-refractivity contribution in [1.82, 2.24) is 0 Å². The highest BCUT2D eigenvalue weighted by Gasteiger charge is 2.14. The first-order valence-corrected chi connectivity index (χ1v) is 5.73. The van der Waals surface area contributed by atoms with Crippen molar-refractivity contribution in [2.45, 2.75) is 20.8 Å². The number of nitrogens with one attached hydrogen (secondary N) is 1. The highest BCUT2D eigenvalue weighted by molar-refractivity contribution is 6.25. The molecule has 0 atom stereocenters. The van der Waals surface area contributed by atoms with Crippen molar-refractivity contribution >= 4 is 17.3 Å². The van der Waals surface area contributed by atoms with Crippen LogP contribution in [0.1, 0.15) is 19.4 Å². The van der Waals surface area contributed by atoms with Crippen LogP contribution in [0.2, 0.25) is 0 Å². The Hall–Kier alpha value is -2.10. The Labute approximate surface area is 108 Å². The lowest BCUT2D eigenvalue weighted by molar-refractivity contribution is -0.112. The number of hydrogen-bond donors (Lipinski definition) is 2. The Morgan fingerprint density at radius 1 is 1.33 bits per heavy atom. The highest BCUT2D eigenvalue weighted by Crippen LogP contribution is 2.12. The Kier molecular flexibility index (Phi) is 4.66. The van der Waals surface area contributed by atoms with Gasteiger partial charge in [-0.3, -0.25) is 9.79 Å². The fourth-order valence-electron chi connectivity index (χ4n) is 1.66. The van der Waals surface area contributed by atoms with Crippen LogP contribution in [0.15, 0.2) is 40.5 Å². The van der Waals surface area contributed by atoms with Gasteiger partial charge in [0.15, 0.2) is 0 Å². The van der Waals surface area contributed by atoms with Gasteiger partial charge in [0.25, 0.3) is 5.91 Å². The maximum atomic E-state index is 12.1. The summed E-state index contributed by atoms with van der Waals surface area (Å²) in [5.74, 6) is -0.233. The number of benzene rings is 1. The van der Waals surface area contributed by atoms with Gasteiger partial charge in [0.05, 0.1) is 5.57 Å². The van der Waals surface area contributed by atoms with Gasteiger partial charge in [-0.2, -0.15) is 0 Å². The lowest BCUT2D eigenvalue weighted by Gasteiger charge is -2.10. The quantitative estimate of drug-likeness (QED) is 0.633. The number of amides is 1. The maximum Gasteiger partial charge on any atom is 0.259 e. The predicted molar refractivity (Wildman–Crippen MR) is 75.7 cm³/mol. The molecule has 0 saturated heterocycles. The predicted octanol–water partition coefficient (Wildman–Crippen LogP) is 2.26. The Morgan fingerprint density at radius 2 is 2.00 bits per heavy atom. The van der Waals surface area contributed by atoms with E-state index >= 15 is 0 Å². The number of aliphatic imine (C=N–C) groups is 1. The second-order valence-corrected chi connectivity index (χ2v) is 4.19. The molecule has 96 valence electrons. The van der Waals surface area contributed by atoms with E-state index in [9.17, 15) is 4.79 Å². The zero-order chi connectivity index (χ0) is 13.7. The molecule has 0 aliphatic rings. The number of carbonyl (C=O) groups excluding carboxylic acids is 1. The molecule has 1 rings (SSSR count). The van der Waals surface area contributed by atoms with E-state index in [2.05, 4.69) is 10.3 Å². The van der Waals surface area contributed by atoms with Crippen molar-refractivity contribution in [3.63, 3.8) is 0 Å². The van der Waals surface area contributed by atoms with Crippen LogP contribution in [0.5, 0.6) is 0 Å². The van der Waals surface area contributed by atoms with Crippen LogP contribution >= 0.6 is 0 Å². The van der Waals surface area contributed by atoms with E-state index in [1.54, 1.807) is 20.9 Å². The molecule has 0 aliphatic carbocycles. The molecule has 0 radical (unpaired) electrons. The van der Waals surface area contributed by atoms with E-state index in [1.165, 1.54) is 0 Å². The van der Waals surface area contributed by atoms with Gasteiger partial charge < -0.3 is 11.1 Å². The minimum atomic E-state index is -0.233. The van der Waals surface area contributed by atoms with Gasteiger partial charge in [0.1, 0.15) is 0 Å². The minimum Gasteiger partial charge on any atom is -0.402 e. The summed E-state index contributed by atoms with van der Waals surface area (Å²) in [5, 5.41) is 2.82. The number of hydrogen-bond acceptors (Lipinski definition) is 3. The normalized spacial score (nSPS) is 13.0. The molecule has 4 nitrogen and oxygen atoms in total. The molecule has 0 saturated carbocycles. The SMILES string of the molecule is CN=C(C)C(C(=O)Nc1cccc(C)c1)=C(C)N. The summed E-state index contributed by atoms with van der Waals surface area (Å²) < 4.78 is 0. The Bertz CT molecular complexity index is 512. The summed E-state index contributed by atoms with van der Waals surface area (Å²) in [6, 6.07) is 7.61. The topological polar surface area (TPSA) is 67.5 Å². The van der Waals surface area contributed by atoms with E-state index in [1.807, 2.05) is 31.2 Å². The first kappa shape index (κ1) is 14.0. The molecule has 0 unspecified atom stereocenters. The van der Waals surface area contributed by atoms with E-state index < -0.39 is 0 Å². The summed E-state index contributed by atoms with van der Waals surface area (Å²) in [7, 11) is 1.64. The van der Waals surface area contributed by atoms with Crippen LogP contribution < -0.4 is 11.1 Å². The maximum absolute atomic E-state index is 12.1. The van der Waals surface area contributed by atoms with Crippen molar-refractivity contribution in [2.24, 2.45) is 10.7 Å². The minimum absolute atomic E-state index is 0.233. The molecular formula is C14H19N3O. The molecule has 18 heavy (non-hydrogen) atoms. The van der Waals surface area contributed by atoms with Crippen LogP contribution in [-0.2, 0) is 4.79 Å². The number of nitrogens with two attached hydrogens (primary N) is 1. The molecule has 0 aliphatic heterocycles. The molecule has 0 fully saturated rings.